The van der Waals surface area contributed by atoms with Crippen molar-refractivity contribution in [2.75, 3.05) is 0 Å². The van der Waals surface area contributed by atoms with Crippen molar-refractivity contribution in [1.29, 1.82) is 0 Å². The standard InChI is InChI=1S/C21H10BrClN2O4S/c22-10-4-6-15-14(8-10)24-21-25(15)19(26)17(30-21)9-11-5-7-16(29-11)12-2-1-3-13(18(12)23)20(27)28/h1-9H,(H,27,28)/b17-9-. The van der Waals surface area contributed by atoms with Gasteiger partial charge in [-0.25, -0.2) is 14.2 Å². The Balaban J connectivity index is 1.60. The summed E-state index contributed by atoms with van der Waals surface area (Å²) >= 11 is 10.9. The number of furan rings is 1. The van der Waals surface area contributed by atoms with Crippen molar-refractivity contribution in [2.24, 2.45) is 0 Å². The molecule has 5 rings (SSSR count). The van der Waals surface area contributed by atoms with E-state index in [-0.39, 0.29) is 16.1 Å². The lowest BCUT2D eigenvalue weighted by Crippen LogP contribution is -2.22. The third-order valence-electron chi connectivity index (χ3n) is 4.60. The van der Waals surface area contributed by atoms with E-state index in [2.05, 4.69) is 20.9 Å². The van der Waals surface area contributed by atoms with Crippen molar-refractivity contribution >= 4 is 66.9 Å². The highest BCUT2D eigenvalue weighted by Gasteiger charge is 2.16. The van der Waals surface area contributed by atoms with Crippen LogP contribution in [0.25, 0.3) is 33.4 Å². The molecule has 0 saturated heterocycles. The summed E-state index contributed by atoms with van der Waals surface area (Å²) in [6, 6.07) is 13.7. The maximum Gasteiger partial charge on any atom is 0.337 e. The zero-order chi connectivity index (χ0) is 21.0. The SMILES string of the molecule is O=C(O)c1cccc(-c2ccc(/C=c3\sc4nc5cc(Br)ccc5n4c3=O)o2)c1Cl. The molecule has 3 heterocycles. The van der Waals surface area contributed by atoms with E-state index in [1.807, 2.05) is 18.2 Å². The van der Waals surface area contributed by atoms with Gasteiger partial charge in [-0.1, -0.05) is 44.9 Å². The van der Waals surface area contributed by atoms with Gasteiger partial charge < -0.3 is 9.52 Å². The highest BCUT2D eigenvalue weighted by atomic mass is 79.9. The Morgan fingerprint density at radius 3 is 2.87 bits per heavy atom. The van der Waals surface area contributed by atoms with Crippen molar-refractivity contribution in [1.82, 2.24) is 9.38 Å². The predicted octanol–water partition coefficient (Wildman–Crippen LogP) is 4.83. The first kappa shape index (κ1) is 19.0. The number of benzene rings is 2. The molecule has 0 aliphatic rings. The van der Waals surface area contributed by atoms with Crippen molar-refractivity contribution < 1.29 is 14.3 Å². The number of aromatic carboxylic acids is 1. The van der Waals surface area contributed by atoms with Crippen LogP contribution in [0.1, 0.15) is 16.1 Å². The average Bonchev–Trinajstić information content (AvgIpc) is 3.37. The van der Waals surface area contributed by atoms with Crippen LogP contribution in [-0.4, -0.2) is 20.5 Å². The minimum absolute atomic E-state index is 0.00376. The molecular formula is C21H10BrClN2O4S. The lowest BCUT2D eigenvalue weighted by molar-refractivity contribution is 0.0697. The van der Waals surface area contributed by atoms with Crippen LogP contribution in [0.3, 0.4) is 0 Å². The van der Waals surface area contributed by atoms with Gasteiger partial charge in [-0.2, -0.15) is 0 Å². The predicted molar refractivity (Wildman–Crippen MR) is 119 cm³/mol. The molecule has 0 spiro atoms. The maximum absolute atomic E-state index is 12.9. The zero-order valence-electron chi connectivity index (χ0n) is 14.9. The summed E-state index contributed by atoms with van der Waals surface area (Å²) in [5.41, 5.74) is 1.77. The normalized spacial score (nSPS) is 12.3. The van der Waals surface area contributed by atoms with Crippen LogP contribution in [0.2, 0.25) is 5.02 Å². The largest absolute Gasteiger partial charge is 0.478 e. The lowest BCUT2D eigenvalue weighted by Gasteiger charge is -2.03. The average molecular weight is 502 g/mol. The molecule has 2 aromatic carbocycles. The van der Waals surface area contributed by atoms with Gasteiger partial charge in [-0.3, -0.25) is 4.79 Å². The number of thiazole rings is 1. The first-order valence-electron chi connectivity index (χ1n) is 8.66. The van der Waals surface area contributed by atoms with Crippen molar-refractivity contribution in [3.8, 4) is 11.3 Å². The van der Waals surface area contributed by atoms with E-state index in [0.717, 1.165) is 15.5 Å². The molecule has 0 unspecified atom stereocenters. The molecule has 0 aliphatic heterocycles. The molecule has 5 aromatic rings. The Labute approximate surface area is 185 Å². The molecule has 0 bridgehead atoms. The Kier molecular flexibility index (Phi) is 4.50. The van der Waals surface area contributed by atoms with Gasteiger partial charge in [0.05, 0.1) is 21.6 Å². The lowest BCUT2D eigenvalue weighted by atomic mass is 10.1. The van der Waals surface area contributed by atoms with Gasteiger partial charge in [-0.05, 0) is 42.5 Å². The molecule has 9 heteroatoms. The molecule has 30 heavy (non-hydrogen) atoms. The minimum Gasteiger partial charge on any atom is -0.478 e. The Bertz CT molecular complexity index is 1580. The number of hydrogen-bond donors (Lipinski definition) is 1. The Morgan fingerprint density at radius 1 is 1.23 bits per heavy atom. The quantitative estimate of drug-likeness (QED) is 0.383. The van der Waals surface area contributed by atoms with E-state index in [9.17, 15) is 14.7 Å². The van der Waals surface area contributed by atoms with Gasteiger partial charge >= 0.3 is 5.97 Å². The first-order chi connectivity index (χ1) is 14.4. The molecule has 0 radical (unpaired) electrons. The van der Waals surface area contributed by atoms with E-state index in [1.54, 1.807) is 34.7 Å². The first-order valence-corrected chi connectivity index (χ1v) is 10.7. The van der Waals surface area contributed by atoms with Crippen LogP contribution in [0.5, 0.6) is 0 Å². The highest BCUT2D eigenvalue weighted by molar-refractivity contribution is 9.10. The molecule has 0 fully saturated rings. The number of hydrogen-bond acceptors (Lipinski definition) is 5. The van der Waals surface area contributed by atoms with Crippen molar-refractivity contribution in [2.45, 2.75) is 0 Å². The Hall–Kier alpha value is -2.94. The van der Waals surface area contributed by atoms with E-state index >= 15 is 0 Å². The smallest absolute Gasteiger partial charge is 0.337 e. The highest BCUT2D eigenvalue weighted by Crippen LogP contribution is 2.32. The number of nitrogens with zero attached hydrogens (tertiary/aromatic N) is 2. The van der Waals surface area contributed by atoms with Crippen LogP contribution in [0.15, 0.2) is 62.2 Å². The van der Waals surface area contributed by atoms with Crippen LogP contribution in [0, 0.1) is 0 Å². The minimum atomic E-state index is -1.11. The third kappa shape index (κ3) is 3.04. The molecule has 3 aromatic heterocycles. The fourth-order valence-corrected chi connectivity index (χ4v) is 4.85. The molecule has 0 amide bonds. The molecule has 0 saturated carbocycles. The second kappa shape index (κ2) is 7.09. The molecule has 148 valence electrons. The summed E-state index contributed by atoms with van der Waals surface area (Å²) in [5, 5.41) is 9.34. The molecule has 0 atom stereocenters. The van der Waals surface area contributed by atoms with Crippen molar-refractivity contribution in [3.63, 3.8) is 0 Å². The summed E-state index contributed by atoms with van der Waals surface area (Å²) in [7, 11) is 0. The van der Waals surface area contributed by atoms with Gasteiger partial charge in [-0.15, -0.1) is 0 Å². The summed E-state index contributed by atoms with van der Waals surface area (Å²) in [6.07, 6.45) is 1.64. The number of fused-ring (bicyclic) bond motifs is 3. The van der Waals surface area contributed by atoms with Crippen molar-refractivity contribution in [3.05, 3.63) is 84.2 Å². The van der Waals surface area contributed by atoms with E-state index in [4.69, 9.17) is 16.0 Å². The number of imidazole rings is 1. The topological polar surface area (TPSA) is 84.8 Å². The van der Waals surface area contributed by atoms with Crippen LogP contribution < -0.4 is 10.1 Å². The van der Waals surface area contributed by atoms with E-state index in [0.29, 0.717) is 26.6 Å². The van der Waals surface area contributed by atoms with Crippen LogP contribution in [0.4, 0.5) is 0 Å². The molecule has 6 nitrogen and oxygen atoms in total. The summed E-state index contributed by atoms with van der Waals surface area (Å²) < 4.78 is 8.77. The monoisotopic (exact) mass is 500 g/mol. The molecular weight excluding hydrogens is 492 g/mol. The Morgan fingerprint density at radius 2 is 2.07 bits per heavy atom. The summed E-state index contributed by atoms with van der Waals surface area (Å²) in [4.78, 5) is 29.3. The second-order valence-corrected chi connectivity index (χ2v) is 8.76. The van der Waals surface area contributed by atoms with Crippen LogP contribution >= 0.6 is 38.9 Å². The molecule has 1 N–H and O–H groups in total. The van der Waals surface area contributed by atoms with Gasteiger partial charge in [0.15, 0.2) is 4.96 Å². The zero-order valence-corrected chi connectivity index (χ0v) is 18.1. The van der Waals surface area contributed by atoms with Gasteiger partial charge in [0, 0.05) is 16.1 Å². The fraction of sp³-hybridized carbons (Fsp3) is 0. The van der Waals surface area contributed by atoms with Gasteiger partial charge in [0.2, 0.25) is 0 Å². The number of carboxylic acids is 1. The third-order valence-corrected chi connectivity index (χ3v) is 6.46. The fourth-order valence-electron chi connectivity index (χ4n) is 3.23. The van der Waals surface area contributed by atoms with Gasteiger partial charge in [0.25, 0.3) is 5.56 Å². The molecule has 0 aliphatic carbocycles. The number of carbonyl (C=O) groups is 1. The second-order valence-electron chi connectivity index (χ2n) is 6.45. The number of rotatable bonds is 3. The summed E-state index contributed by atoms with van der Waals surface area (Å²) in [6.45, 7) is 0. The number of halogens is 2. The number of aromatic nitrogens is 2. The van der Waals surface area contributed by atoms with E-state index in [1.165, 1.54) is 17.4 Å². The van der Waals surface area contributed by atoms with E-state index < -0.39 is 5.97 Å². The summed E-state index contributed by atoms with van der Waals surface area (Å²) in [5.74, 6) is -0.244. The van der Waals surface area contributed by atoms with Gasteiger partial charge in [0.1, 0.15) is 16.1 Å². The number of carboxylic acid groups (broad SMARTS) is 1. The maximum atomic E-state index is 12.9. The van der Waals surface area contributed by atoms with Crippen LogP contribution in [-0.2, 0) is 0 Å².